The number of hydrogen-bond acceptors (Lipinski definition) is 19. The number of halogens is 1. The van der Waals surface area contributed by atoms with E-state index in [0.717, 1.165) is 18.9 Å². The summed E-state index contributed by atoms with van der Waals surface area (Å²) in [7, 11) is 2.84. The average Bonchev–Trinajstić information content (AvgIpc) is 1.77. The van der Waals surface area contributed by atoms with Gasteiger partial charge in [-0.05, 0) is 51.7 Å². The van der Waals surface area contributed by atoms with Gasteiger partial charge in [-0.1, -0.05) is 45.9 Å². The number of ether oxygens (including phenoxy) is 6. The van der Waals surface area contributed by atoms with Gasteiger partial charge in [0.1, 0.15) is 40.2 Å². The molecule has 87 heavy (non-hydrogen) atoms. The number of likely N-dealkylation sites (tertiary alicyclic amines) is 1. The van der Waals surface area contributed by atoms with Crippen LogP contribution in [0.25, 0.3) is 10.9 Å². The number of anilines is 1. The third kappa shape index (κ3) is 11.5. The van der Waals surface area contributed by atoms with Crippen molar-refractivity contribution < 1.29 is 82.0 Å². The largest absolute Gasteiger partial charge is 0.507 e. The maximum atomic E-state index is 16.2. The van der Waals surface area contributed by atoms with E-state index in [-0.39, 0.29) is 83.4 Å². The van der Waals surface area contributed by atoms with Gasteiger partial charge in [-0.15, -0.1) is 0 Å². The first-order valence-corrected chi connectivity index (χ1v) is 29.7. The maximum Gasteiger partial charge on any atom is 0.410 e. The Morgan fingerprint density at radius 2 is 1.48 bits per heavy atom. The van der Waals surface area contributed by atoms with Crippen LogP contribution in [-0.2, 0) is 23.7 Å². The number of aliphatic hydroxyl groups excluding tert-OH is 2. The van der Waals surface area contributed by atoms with Gasteiger partial charge >= 0.3 is 17.8 Å². The molecule has 1 aromatic heterocycles. The number of allylic oxidation sites excluding steroid dienone is 4. The fraction of sp³-hybridized carbons (Fsp3) is 0.540. The summed E-state index contributed by atoms with van der Waals surface area (Å²) in [6, 6.07) is 1.13. The molecule has 0 radical (unpaired) electrons. The summed E-state index contributed by atoms with van der Waals surface area (Å²) in [6.45, 7) is 14.4. The van der Waals surface area contributed by atoms with Gasteiger partial charge in [-0.3, -0.25) is 28.9 Å². The molecule has 9 atom stereocenters. The molecule has 5 bridgehead atoms. The first kappa shape index (κ1) is 62.4. The van der Waals surface area contributed by atoms with Gasteiger partial charge in [-0.2, -0.15) is 0 Å². The number of phenolic OH excluding ortho intramolecular Hbond substituents is 1. The predicted octanol–water partition coefficient (Wildman–Crippen LogP) is 5.65. The van der Waals surface area contributed by atoms with Crippen molar-refractivity contribution in [3.63, 3.8) is 0 Å². The molecule has 3 aromatic rings. The second-order valence-electron chi connectivity index (χ2n) is 24.1. The Morgan fingerprint density at radius 3 is 2.11 bits per heavy atom. The first-order valence-electron chi connectivity index (χ1n) is 29.7. The normalized spacial score (nSPS) is 29.5. The molecule has 2 aliphatic carbocycles. The summed E-state index contributed by atoms with van der Waals surface area (Å²) >= 11 is 0. The zero-order valence-electron chi connectivity index (χ0n) is 50.4. The van der Waals surface area contributed by atoms with Crippen molar-refractivity contribution in [3.8, 4) is 17.2 Å². The van der Waals surface area contributed by atoms with E-state index >= 15 is 4.39 Å². The number of morpholine rings is 1. The van der Waals surface area contributed by atoms with Crippen molar-refractivity contribution >= 4 is 51.9 Å². The summed E-state index contributed by atoms with van der Waals surface area (Å²) in [6.07, 6.45) is 6.33. The van der Waals surface area contributed by atoms with Crippen LogP contribution in [0.5, 0.6) is 17.2 Å². The van der Waals surface area contributed by atoms with E-state index in [4.69, 9.17) is 28.4 Å². The van der Waals surface area contributed by atoms with Crippen molar-refractivity contribution in [1.29, 1.82) is 0 Å². The number of rotatable bonds is 8. The topological polar surface area (TPSA) is 286 Å². The number of fused-ring (bicyclic) bond motifs is 15. The van der Waals surface area contributed by atoms with Gasteiger partial charge in [0, 0.05) is 119 Å². The molecule has 6 aliphatic heterocycles. The molecular weight excluding hydrogens is 1130 g/mol. The van der Waals surface area contributed by atoms with E-state index in [9.17, 15) is 54.0 Å². The lowest BCUT2D eigenvalue weighted by molar-refractivity contribution is -0.116. The van der Waals surface area contributed by atoms with Crippen LogP contribution in [0.2, 0.25) is 0 Å². The lowest BCUT2D eigenvalue weighted by Gasteiger charge is -2.44. The third-order valence-electron chi connectivity index (χ3n) is 18.6. The molecule has 1 saturated carbocycles. The number of pyridine rings is 1. The summed E-state index contributed by atoms with van der Waals surface area (Å²) in [5.74, 6) is -11.2. The number of aromatic carboxylic acids is 1. The molecule has 0 spiro atoms. The molecule has 0 unspecified atom stereocenters. The highest BCUT2D eigenvalue weighted by Crippen LogP contribution is 2.50. The van der Waals surface area contributed by atoms with E-state index in [1.807, 2.05) is 4.90 Å². The van der Waals surface area contributed by atoms with E-state index in [0.29, 0.717) is 57.6 Å². The second kappa shape index (κ2) is 24.9. The fourth-order valence-electron chi connectivity index (χ4n) is 13.2. The van der Waals surface area contributed by atoms with Crippen LogP contribution in [0.4, 0.5) is 14.9 Å². The van der Waals surface area contributed by atoms with Crippen molar-refractivity contribution in [2.75, 3.05) is 84.7 Å². The number of nitrogens with zero attached hydrogens (tertiary/aromatic N) is 5. The van der Waals surface area contributed by atoms with Crippen LogP contribution in [-0.4, -0.2) is 191 Å². The van der Waals surface area contributed by atoms with Gasteiger partial charge in [0.05, 0.1) is 72.5 Å². The molecule has 8 aliphatic rings. The molecule has 23 nitrogen and oxygen atoms in total. The van der Waals surface area contributed by atoms with Crippen molar-refractivity contribution in [3.05, 3.63) is 104 Å². The number of amides is 2. The molecule has 24 heteroatoms. The summed E-state index contributed by atoms with van der Waals surface area (Å²) in [5, 5.41) is 48.0. The molecule has 468 valence electrons. The van der Waals surface area contributed by atoms with Crippen molar-refractivity contribution in [1.82, 2.24) is 24.6 Å². The highest BCUT2D eigenvalue weighted by Gasteiger charge is 2.53. The minimum atomic E-state index is -2.16. The number of hydrogen-bond donors (Lipinski definition) is 5. The Hall–Kier alpha value is -7.64. The number of piperidine rings is 1. The Balaban J connectivity index is 0.881. The van der Waals surface area contributed by atoms with Crippen LogP contribution >= 0.6 is 0 Å². The van der Waals surface area contributed by atoms with E-state index in [1.165, 1.54) is 59.6 Å². The molecule has 2 amide bonds. The predicted molar refractivity (Wildman–Crippen MR) is 314 cm³/mol. The number of aromatic nitrogens is 1. The Morgan fingerprint density at radius 1 is 0.805 bits per heavy atom. The number of nitrogens with one attached hydrogen (secondary N) is 1. The van der Waals surface area contributed by atoms with Crippen LogP contribution in [0.15, 0.2) is 64.6 Å². The van der Waals surface area contributed by atoms with Gasteiger partial charge < -0.3 is 73.4 Å². The van der Waals surface area contributed by atoms with Crippen LogP contribution in [0, 0.1) is 36.4 Å². The summed E-state index contributed by atoms with van der Waals surface area (Å²) < 4.78 is 54.0. The molecule has 2 aromatic carbocycles. The number of Topliss-reactive ketones (excluding diaryl/α,β-unsaturated/α-hetero) is 3. The lowest BCUT2D eigenvalue weighted by atomic mass is 9.78. The number of piperazine rings is 1. The number of carboxylic acids is 1. The van der Waals surface area contributed by atoms with Crippen LogP contribution in [0.3, 0.4) is 0 Å². The van der Waals surface area contributed by atoms with Gasteiger partial charge in [0.2, 0.25) is 17.0 Å². The summed E-state index contributed by atoms with van der Waals surface area (Å²) in [5.41, 5.74) is -2.34. The number of aliphatic hydroxyl groups is 2. The van der Waals surface area contributed by atoms with Crippen LogP contribution < -0.4 is 25.1 Å². The van der Waals surface area contributed by atoms with Crippen molar-refractivity contribution in [2.45, 2.75) is 116 Å². The zero-order valence-corrected chi connectivity index (χ0v) is 50.4. The highest BCUT2D eigenvalue weighted by atomic mass is 19.1. The van der Waals surface area contributed by atoms with Gasteiger partial charge in [0.25, 0.3) is 11.7 Å². The lowest BCUT2D eigenvalue weighted by Crippen LogP contribution is -2.54. The number of benzene rings is 2. The quantitative estimate of drug-likeness (QED) is 0.182. The number of carbonyl (C=O) groups excluding carboxylic acids is 5. The molecule has 4 fully saturated rings. The maximum absolute atomic E-state index is 16.2. The minimum Gasteiger partial charge on any atom is -0.507 e. The summed E-state index contributed by atoms with van der Waals surface area (Å²) in [4.78, 5) is 106. The number of methoxy groups -OCH3 is 2. The Labute approximate surface area is 502 Å². The van der Waals surface area contributed by atoms with Gasteiger partial charge in [0.15, 0.2) is 11.6 Å². The third-order valence-corrected chi connectivity index (χ3v) is 18.6. The molecule has 11 rings (SSSR count). The molecule has 7 heterocycles. The minimum absolute atomic E-state index is 0.0302. The monoisotopic (exact) mass is 1210 g/mol. The van der Waals surface area contributed by atoms with Crippen molar-refractivity contribution in [2.24, 2.45) is 23.7 Å². The standard InChI is InChI=1S/C63H77FN6O17/c1-31-11-10-12-32(2)60(78)65-46-49(68-24-27-84-28-25-68)55(76)43-44(54(46)75)52(73)36(6)57-45(43)59(77)63(7,87-57)85-26-17-42(82-8)33(3)56(35(5)51(72)34(4)50(31)71)86-62(81)69-18-15-37(16-19-69)66-20-22-67(23-21-66)48-41(64)29-39-47(58(48)83-9)70(38-13-14-38)30-40(53(39)74)61(79)80/h10-12,17,26,29-31,33-35,37-38,42,50-51,56,71-73H,13-16,18-25,27-28H2,1-9H3,(H,65,78)(H,79,80)/b11-10+,26-17+,32-12-/t31-,33-,34-,35-,42+,50+,51+,56+,63+/m1/s1. The smallest absolute Gasteiger partial charge is 0.410 e. The Kier molecular flexibility index (Phi) is 17.8. The van der Waals surface area contributed by atoms with Gasteiger partial charge in [-0.25, -0.2) is 14.0 Å². The fourth-order valence-corrected chi connectivity index (χ4v) is 13.2. The van der Waals surface area contributed by atoms with E-state index in [2.05, 4.69) is 10.2 Å². The van der Waals surface area contributed by atoms with E-state index < -0.39 is 129 Å². The number of phenols is 1. The molecular formula is C63H77FN6O17. The number of carbonyl (C=O) groups is 6. The second-order valence-corrected chi connectivity index (χ2v) is 24.1. The average molecular weight is 1210 g/mol. The molecule has 3 saturated heterocycles. The number of ketones is 3. The van der Waals surface area contributed by atoms with E-state index in [1.54, 1.807) is 54.2 Å². The highest BCUT2D eigenvalue weighted by molar-refractivity contribution is 6.32. The number of aromatic hydroxyl groups is 1. The number of carboxylic acid groups (broad SMARTS) is 1. The SMILES string of the molecule is COc1c(N2CCN(C3CCN(C(=O)O[C@@H]4[C@H](C)[C@@H](O)[C@H](C)[C@@H](O)[C@H](C)/C=C/C=C(/C)C(=O)NC5=C(N6CCOCC6)C(=O)c6c(c(O)c(C)c7c6C(=O)[C@@](C)(O/C=C/[C@H](OC)[C@H]4C)O7)C5=O)CC3)CC2)c(F)cc2c(=O)c(C(=O)O)cn(C3CC3)c12. The zero-order chi connectivity index (χ0) is 62.7. The Bertz CT molecular complexity index is 3480. The van der Waals surface area contributed by atoms with Crippen LogP contribution in [0.1, 0.15) is 120 Å². The first-order chi connectivity index (χ1) is 41.4. The molecule has 5 N–H and O–H groups in total.